The van der Waals surface area contributed by atoms with E-state index in [1.807, 2.05) is 19.9 Å². The van der Waals surface area contributed by atoms with Crippen molar-refractivity contribution in [2.24, 2.45) is 11.8 Å². The van der Waals surface area contributed by atoms with E-state index in [1.165, 1.54) is 22.5 Å². The highest BCUT2D eigenvalue weighted by molar-refractivity contribution is 7.51. The van der Waals surface area contributed by atoms with E-state index in [2.05, 4.69) is 15.0 Å². The third-order valence-electron chi connectivity index (χ3n) is 7.01. The predicted octanol–water partition coefficient (Wildman–Crippen LogP) is 2.51. The van der Waals surface area contributed by atoms with E-state index in [9.17, 15) is 29.6 Å². The van der Waals surface area contributed by atoms with Gasteiger partial charge in [-0.2, -0.15) is 14.9 Å². The number of nitrogens with two attached hydrogens (primary N) is 1. The Balaban J connectivity index is 1.65. The van der Waals surface area contributed by atoms with Crippen molar-refractivity contribution in [3.05, 3.63) is 47.0 Å². The summed E-state index contributed by atoms with van der Waals surface area (Å²) in [5.74, 6) is -2.43. The number of imidazole rings is 1. The summed E-state index contributed by atoms with van der Waals surface area (Å²) in [6, 6.07) is 8.93. The minimum absolute atomic E-state index is 0.0414. The van der Waals surface area contributed by atoms with Crippen LogP contribution in [0.1, 0.15) is 39.8 Å². The average Bonchev–Trinajstić information content (AvgIpc) is 3.51. The normalized spacial score (nSPS) is 23.3. The zero-order chi connectivity index (χ0) is 30.6. The predicted molar refractivity (Wildman–Crippen MR) is 150 cm³/mol. The quantitative estimate of drug-likeness (QED) is 0.207. The molecule has 0 aliphatic carbocycles. The third-order valence-corrected chi connectivity index (χ3v) is 9.07. The number of para-hydroxylation sites is 1. The molecular formula is C26H34N7O8P. The van der Waals surface area contributed by atoms with Crippen LogP contribution in [0, 0.1) is 23.2 Å². The van der Waals surface area contributed by atoms with Gasteiger partial charge in [-0.05, 0) is 31.4 Å². The topological polar surface area (TPSA) is 219 Å². The number of aliphatic hydroxyl groups is 1. The fourth-order valence-corrected chi connectivity index (χ4v) is 6.86. The molecule has 1 aromatic carbocycles. The maximum absolute atomic E-state index is 14.5. The highest BCUT2D eigenvalue weighted by atomic mass is 31.2. The van der Waals surface area contributed by atoms with E-state index in [0.717, 1.165) is 12.8 Å². The molecule has 42 heavy (non-hydrogen) atoms. The molecule has 3 heterocycles. The first-order valence-electron chi connectivity index (χ1n) is 13.4. The number of nitriles is 1. The van der Waals surface area contributed by atoms with Gasteiger partial charge >= 0.3 is 13.7 Å². The third kappa shape index (κ3) is 6.48. The van der Waals surface area contributed by atoms with Gasteiger partial charge in [0.2, 0.25) is 5.95 Å². The van der Waals surface area contributed by atoms with Gasteiger partial charge in [0.25, 0.3) is 5.56 Å². The number of H-pyrrole nitrogens is 1. The standard InChI is InChI=1S/C26H34N7O8P/c1-4-8-15(2)12-33(16(3)25(36)37)42(38,41-17-9-6-5-7-10-17)39-13-19-21(34)18(11-27)24(40-19)32-14-29-20-22(32)30-26(28)31-23(20)35/h5-7,9-10,14-16,18-19,21,24,34H,4,8,12-13H2,1-3H3,(H,36,37)(H3,28,30,31,35)/t15?,16-,18+,19+,21-,24+,42+/m0/s1. The van der Waals surface area contributed by atoms with Crippen LogP contribution < -0.4 is 15.8 Å². The molecule has 4 rings (SSSR count). The van der Waals surface area contributed by atoms with Crippen molar-refractivity contribution in [1.82, 2.24) is 24.2 Å². The molecule has 16 heteroatoms. The van der Waals surface area contributed by atoms with E-state index in [1.54, 1.807) is 30.3 Å². The number of nitrogens with one attached hydrogen (secondary N) is 1. The van der Waals surface area contributed by atoms with E-state index in [0.29, 0.717) is 0 Å². The molecule has 0 bridgehead atoms. The average molecular weight is 604 g/mol. The number of nitrogens with zero attached hydrogens (tertiary/aromatic N) is 5. The van der Waals surface area contributed by atoms with Crippen LogP contribution in [0.2, 0.25) is 0 Å². The molecule has 0 amide bonds. The van der Waals surface area contributed by atoms with Crippen LogP contribution in [0.15, 0.2) is 41.5 Å². The smallest absolute Gasteiger partial charge is 0.462 e. The second-order valence-electron chi connectivity index (χ2n) is 10.2. The molecular weight excluding hydrogens is 569 g/mol. The number of benzene rings is 1. The van der Waals surface area contributed by atoms with Gasteiger partial charge in [-0.15, -0.1) is 0 Å². The summed E-state index contributed by atoms with van der Waals surface area (Å²) in [6.07, 6.45) is -0.956. The molecule has 0 saturated carbocycles. The Hall–Kier alpha value is -3.80. The molecule has 2 aromatic heterocycles. The van der Waals surface area contributed by atoms with Crippen LogP contribution in [0.5, 0.6) is 5.75 Å². The highest BCUT2D eigenvalue weighted by Crippen LogP contribution is 2.54. The van der Waals surface area contributed by atoms with Crippen molar-refractivity contribution in [1.29, 1.82) is 5.26 Å². The van der Waals surface area contributed by atoms with Crippen molar-refractivity contribution in [2.75, 3.05) is 18.9 Å². The Morgan fingerprint density at radius 2 is 2.07 bits per heavy atom. The fourth-order valence-electron chi connectivity index (χ4n) is 4.83. The van der Waals surface area contributed by atoms with Gasteiger partial charge in [-0.3, -0.25) is 23.7 Å². The number of hydrogen-bond acceptors (Lipinski definition) is 11. The van der Waals surface area contributed by atoms with Gasteiger partial charge in [0, 0.05) is 6.54 Å². The van der Waals surface area contributed by atoms with Crippen molar-refractivity contribution in [3.8, 4) is 11.8 Å². The lowest BCUT2D eigenvalue weighted by molar-refractivity contribution is -0.141. The van der Waals surface area contributed by atoms with Crippen LogP contribution in [0.3, 0.4) is 0 Å². The van der Waals surface area contributed by atoms with Crippen LogP contribution in [-0.4, -0.2) is 71.8 Å². The van der Waals surface area contributed by atoms with Crippen LogP contribution >= 0.6 is 7.75 Å². The molecule has 0 radical (unpaired) electrons. The minimum atomic E-state index is -4.39. The Morgan fingerprint density at radius 3 is 2.71 bits per heavy atom. The number of rotatable bonds is 13. The van der Waals surface area contributed by atoms with Gasteiger partial charge < -0.3 is 25.2 Å². The fraction of sp³-hybridized carbons (Fsp3) is 0.500. The molecule has 5 N–H and O–H groups in total. The Bertz CT molecular complexity index is 1540. The summed E-state index contributed by atoms with van der Waals surface area (Å²) in [5, 5.41) is 30.7. The highest BCUT2D eigenvalue weighted by Gasteiger charge is 2.48. The second-order valence-corrected chi connectivity index (χ2v) is 12.1. The maximum Gasteiger partial charge on any atom is 0.462 e. The first-order chi connectivity index (χ1) is 20.0. The van der Waals surface area contributed by atoms with E-state index >= 15 is 0 Å². The molecule has 7 atom stereocenters. The summed E-state index contributed by atoms with van der Waals surface area (Å²) in [6.45, 7) is 4.85. The van der Waals surface area contributed by atoms with E-state index < -0.39 is 56.3 Å². The molecule has 0 spiro atoms. The lowest BCUT2D eigenvalue weighted by atomic mass is 10.0. The van der Waals surface area contributed by atoms with E-state index in [-0.39, 0.29) is 35.3 Å². The zero-order valence-corrected chi connectivity index (χ0v) is 24.3. The number of carboxylic acid groups (broad SMARTS) is 1. The molecule has 1 aliphatic rings. The SMILES string of the molecule is CCCC(C)CN([C@@H](C)C(=O)O)[P@@](=O)(OC[C@H]1O[C@@H](n2cnc3c(=O)[nH]c(N)nc32)[C@H](C#N)[C@@H]1O)Oc1ccccc1. The van der Waals surface area contributed by atoms with Crippen molar-refractivity contribution < 1.29 is 33.4 Å². The number of hydrogen-bond donors (Lipinski definition) is 4. The first-order valence-corrected chi connectivity index (χ1v) is 14.9. The van der Waals surface area contributed by atoms with Gasteiger partial charge in [0.1, 0.15) is 29.9 Å². The summed E-state index contributed by atoms with van der Waals surface area (Å²) in [4.78, 5) is 34.8. The number of nitrogen functional groups attached to an aromatic ring is 1. The maximum atomic E-state index is 14.5. The number of aromatic amines is 1. The van der Waals surface area contributed by atoms with Crippen molar-refractivity contribution in [2.45, 2.75) is 58.1 Å². The summed E-state index contributed by atoms with van der Waals surface area (Å²) in [5.41, 5.74) is 5.09. The summed E-state index contributed by atoms with van der Waals surface area (Å²) in [7, 11) is -4.39. The Labute approximate surface area is 241 Å². The first kappa shape index (κ1) is 31.1. The molecule has 226 valence electrons. The lowest BCUT2D eigenvalue weighted by Gasteiger charge is -2.34. The lowest BCUT2D eigenvalue weighted by Crippen LogP contribution is -2.41. The van der Waals surface area contributed by atoms with Gasteiger partial charge in [-0.1, -0.05) is 38.5 Å². The molecule has 1 aliphatic heterocycles. The largest absolute Gasteiger partial charge is 0.480 e. The zero-order valence-electron chi connectivity index (χ0n) is 23.4. The van der Waals surface area contributed by atoms with Crippen LogP contribution in [0.25, 0.3) is 11.2 Å². The van der Waals surface area contributed by atoms with E-state index in [4.69, 9.17) is 19.5 Å². The minimum Gasteiger partial charge on any atom is -0.480 e. The number of aliphatic carboxylic acids is 1. The Kier molecular flexibility index (Phi) is 9.65. The molecule has 3 aromatic rings. The molecule has 1 saturated heterocycles. The van der Waals surface area contributed by atoms with Gasteiger partial charge in [0.05, 0.1) is 19.0 Å². The molecule has 1 fully saturated rings. The Morgan fingerprint density at radius 1 is 1.36 bits per heavy atom. The summed E-state index contributed by atoms with van der Waals surface area (Å²) < 4.78 is 34.7. The number of aromatic nitrogens is 4. The second kappa shape index (κ2) is 13.0. The number of carboxylic acids is 1. The van der Waals surface area contributed by atoms with Gasteiger partial charge in [-0.25, -0.2) is 9.55 Å². The van der Waals surface area contributed by atoms with Crippen LogP contribution in [0.4, 0.5) is 5.95 Å². The van der Waals surface area contributed by atoms with Crippen molar-refractivity contribution >= 4 is 30.8 Å². The monoisotopic (exact) mass is 603 g/mol. The molecule has 1 unspecified atom stereocenters. The number of carbonyl (C=O) groups is 1. The number of anilines is 1. The number of aliphatic hydroxyl groups excluding tert-OH is 1. The number of ether oxygens (including phenoxy) is 1. The van der Waals surface area contributed by atoms with Crippen molar-refractivity contribution in [3.63, 3.8) is 0 Å². The molecule has 15 nitrogen and oxygen atoms in total. The van der Waals surface area contributed by atoms with Crippen LogP contribution in [-0.2, 0) is 18.6 Å². The number of fused-ring (bicyclic) bond motifs is 1. The summed E-state index contributed by atoms with van der Waals surface area (Å²) >= 11 is 0. The van der Waals surface area contributed by atoms with Gasteiger partial charge in [0.15, 0.2) is 17.4 Å².